The summed E-state index contributed by atoms with van der Waals surface area (Å²) >= 11 is 0. The van der Waals surface area contributed by atoms with E-state index in [1.54, 1.807) is 30.3 Å². The molecule has 0 radical (unpaired) electrons. The number of nitrogens with zero attached hydrogens (tertiary/aromatic N) is 4. The van der Waals surface area contributed by atoms with Gasteiger partial charge in [0, 0.05) is 0 Å². The third kappa shape index (κ3) is 5.65. The number of pyridine rings is 1. The van der Waals surface area contributed by atoms with Crippen LogP contribution in [0.3, 0.4) is 0 Å². The van der Waals surface area contributed by atoms with Crippen LogP contribution in [0.2, 0.25) is 0 Å². The Labute approximate surface area is 179 Å². The van der Waals surface area contributed by atoms with Crippen LogP contribution in [-0.4, -0.2) is 28.6 Å². The highest BCUT2D eigenvalue weighted by molar-refractivity contribution is 5.96. The molecule has 0 aliphatic heterocycles. The van der Waals surface area contributed by atoms with Crippen LogP contribution < -0.4 is 9.75 Å². The number of aromatic nitrogens is 1. The van der Waals surface area contributed by atoms with E-state index in [0.717, 1.165) is 23.2 Å². The molecule has 3 rings (SSSR count). The molecular weight excluding hydrogens is 429 g/mol. The largest absolute Gasteiger partial charge is 0.475 e. The second-order valence-corrected chi connectivity index (χ2v) is 6.28. The molecule has 0 aliphatic carbocycles. The summed E-state index contributed by atoms with van der Waals surface area (Å²) < 4.78 is 44.6. The van der Waals surface area contributed by atoms with Crippen molar-refractivity contribution in [3.63, 3.8) is 0 Å². The van der Waals surface area contributed by atoms with Gasteiger partial charge in [0.15, 0.2) is 6.61 Å². The maximum absolute atomic E-state index is 13.1. The number of hydrazone groups is 1. The van der Waals surface area contributed by atoms with Gasteiger partial charge in [0.2, 0.25) is 5.75 Å². The number of carbonyl (C=O) groups excluding carboxylic acids is 1. The van der Waals surface area contributed by atoms with Gasteiger partial charge in [-0.2, -0.15) is 23.3 Å². The topological polar surface area (TPSA) is 97.9 Å². The molecule has 2 aromatic carbocycles. The van der Waals surface area contributed by atoms with Gasteiger partial charge in [0.1, 0.15) is 6.20 Å². The number of rotatable bonds is 7. The van der Waals surface area contributed by atoms with Crippen LogP contribution in [0.15, 0.2) is 78.0 Å². The molecule has 0 saturated carbocycles. The number of anilines is 1. The molecule has 8 nitrogen and oxygen atoms in total. The Kier molecular flexibility index (Phi) is 6.78. The van der Waals surface area contributed by atoms with Gasteiger partial charge in [-0.15, -0.1) is 0 Å². The standard InChI is InChI=1S/C21H15F3N4O4/c22-21(23,24)16-8-4-9-17(12-16)27(26-13-15-6-2-1-3-7-15)19(29)14-32-18-10-5-11-25-20(18)28(30)31/h1-13H,14H2. The Morgan fingerprint density at radius 3 is 2.56 bits per heavy atom. The molecule has 1 amide bonds. The van der Waals surface area contributed by atoms with Gasteiger partial charge in [0.05, 0.1) is 17.5 Å². The quantitative estimate of drug-likeness (QED) is 0.305. The van der Waals surface area contributed by atoms with Gasteiger partial charge in [-0.25, -0.2) is 0 Å². The van der Waals surface area contributed by atoms with Crippen molar-refractivity contribution in [2.45, 2.75) is 6.18 Å². The van der Waals surface area contributed by atoms with Crippen LogP contribution in [0.25, 0.3) is 0 Å². The minimum atomic E-state index is -4.62. The number of hydrogen-bond acceptors (Lipinski definition) is 6. The smallest absolute Gasteiger partial charge is 0.416 e. The lowest BCUT2D eigenvalue weighted by atomic mass is 10.2. The van der Waals surface area contributed by atoms with E-state index in [-0.39, 0.29) is 11.4 Å². The van der Waals surface area contributed by atoms with Crippen LogP contribution in [0, 0.1) is 10.1 Å². The van der Waals surface area contributed by atoms with Crippen molar-refractivity contribution in [2.75, 3.05) is 11.6 Å². The Bertz CT molecular complexity index is 1140. The fraction of sp³-hybridized carbons (Fsp3) is 0.0952. The number of alkyl halides is 3. The van der Waals surface area contributed by atoms with Gasteiger partial charge >= 0.3 is 12.0 Å². The lowest BCUT2D eigenvalue weighted by molar-refractivity contribution is -0.390. The van der Waals surface area contributed by atoms with Crippen molar-refractivity contribution in [3.8, 4) is 5.75 Å². The zero-order valence-corrected chi connectivity index (χ0v) is 16.3. The number of carbonyl (C=O) groups is 1. The van der Waals surface area contributed by atoms with Crippen LogP contribution in [0.5, 0.6) is 5.75 Å². The predicted octanol–water partition coefficient (Wildman–Crippen LogP) is 4.45. The maximum Gasteiger partial charge on any atom is 0.416 e. The fourth-order valence-corrected chi connectivity index (χ4v) is 2.59. The average Bonchev–Trinajstić information content (AvgIpc) is 2.78. The Balaban J connectivity index is 1.89. The van der Waals surface area contributed by atoms with E-state index in [4.69, 9.17) is 4.74 Å². The van der Waals surface area contributed by atoms with Crippen LogP contribution in [0.1, 0.15) is 11.1 Å². The first-order chi connectivity index (χ1) is 15.3. The number of ether oxygens (including phenoxy) is 1. The summed E-state index contributed by atoms with van der Waals surface area (Å²) in [6.45, 7) is -0.727. The number of hydrogen-bond donors (Lipinski definition) is 0. The molecule has 0 aliphatic rings. The van der Waals surface area contributed by atoms with E-state index in [1.165, 1.54) is 30.6 Å². The number of amides is 1. The molecule has 0 N–H and O–H groups in total. The molecule has 1 heterocycles. The van der Waals surface area contributed by atoms with Crippen molar-refractivity contribution in [1.82, 2.24) is 4.98 Å². The summed E-state index contributed by atoms with van der Waals surface area (Å²) in [6.07, 6.45) is -2.14. The molecule has 0 saturated heterocycles. The Hall–Kier alpha value is -4.28. The number of benzene rings is 2. The second kappa shape index (κ2) is 9.69. The number of halogens is 3. The normalized spacial score (nSPS) is 11.3. The lowest BCUT2D eigenvalue weighted by Crippen LogP contribution is -2.31. The molecule has 164 valence electrons. The minimum absolute atomic E-state index is 0.152. The van der Waals surface area contributed by atoms with E-state index in [1.807, 2.05) is 0 Å². The SMILES string of the molecule is O=C(COc1cccnc1[N+](=O)[O-])N(N=Cc1ccccc1)c1cccc(C(F)(F)F)c1. The molecule has 1 aromatic heterocycles. The molecule has 0 bridgehead atoms. The first kappa shape index (κ1) is 22.4. The van der Waals surface area contributed by atoms with Crippen LogP contribution >= 0.6 is 0 Å². The van der Waals surface area contributed by atoms with E-state index < -0.39 is 35.0 Å². The van der Waals surface area contributed by atoms with Crippen molar-refractivity contribution in [1.29, 1.82) is 0 Å². The Morgan fingerprint density at radius 1 is 1.12 bits per heavy atom. The molecule has 11 heteroatoms. The monoisotopic (exact) mass is 444 g/mol. The highest BCUT2D eigenvalue weighted by atomic mass is 19.4. The summed E-state index contributed by atoms with van der Waals surface area (Å²) in [5.74, 6) is -1.71. The molecule has 0 atom stereocenters. The molecular formula is C21H15F3N4O4. The first-order valence-electron chi connectivity index (χ1n) is 9.07. The van der Waals surface area contributed by atoms with E-state index in [0.29, 0.717) is 5.56 Å². The van der Waals surface area contributed by atoms with Gasteiger partial charge in [-0.3, -0.25) is 4.79 Å². The molecule has 3 aromatic rings. The molecule has 0 unspecified atom stereocenters. The van der Waals surface area contributed by atoms with E-state index in [9.17, 15) is 28.1 Å². The van der Waals surface area contributed by atoms with Gasteiger partial charge in [-0.1, -0.05) is 36.4 Å². The third-order valence-corrected chi connectivity index (χ3v) is 4.05. The Morgan fingerprint density at radius 2 is 1.88 bits per heavy atom. The zero-order chi connectivity index (χ0) is 23.1. The highest BCUT2D eigenvalue weighted by Gasteiger charge is 2.31. The molecule has 0 fully saturated rings. The molecule has 0 spiro atoms. The van der Waals surface area contributed by atoms with Crippen molar-refractivity contribution >= 4 is 23.6 Å². The van der Waals surface area contributed by atoms with E-state index in [2.05, 4.69) is 10.1 Å². The summed E-state index contributed by atoms with van der Waals surface area (Å²) in [5, 5.41) is 15.8. The van der Waals surface area contributed by atoms with Gasteiger partial charge in [0.25, 0.3) is 5.91 Å². The minimum Gasteiger partial charge on any atom is -0.475 e. The van der Waals surface area contributed by atoms with E-state index >= 15 is 0 Å². The predicted molar refractivity (Wildman–Crippen MR) is 109 cm³/mol. The van der Waals surface area contributed by atoms with Crippen molar-refractivity contribution in [3.05, 3.63) is 94.2 Å². The van der Waals surface area contributed by atoms with Crippen molar-refractivity contribution in [2.24, 2.45) is 5.10 Å². The second-order valence-electron chi connectivity index (χ2n) is 6.28. The maximum atomic E-state index is 13.1. The summed E-state index contributed by atoms with van der Waals surface area (Å²) in [5.41, 5.74) is -0.520. The number of nitro groups is 1. The average molecular weight is 444 g/mol. The van der Waals surface area contributed by atoms with Crippen molar-refractivity contribution < 1.29 is 27.6 Å². The summed E-state index contributed by atoms with van der Waals surface area (Å²) in [7, 11) is 0. The molecule has 32 heavy (non-hydrogen) atoms. The fourth-order valence-electron chi connectivity index (χ4n) is 2.59. The third-order valence-electron chi connectivity index (χ3n) is 4.05. The summed E-state index contributed by atoms with van der Waals surface area (Å²) in [6, 6.07) is 15.3. The van der Waals surface area contributed by atoms with Gasteiger partial charge in [-0.05, 0) is 45.8 Å². The first-order valence-corrected chi connectivity index (χ1v) is 9.07. The van der Waals surface area contributed by atoms with Crippen LogP contribution in [0.4, 0.5) is 24.7 Å². The van der Waals surface area contributed by atoms with Crippen LogP contribution in [-0.2, 0) is 11.0 Å². The summed E-state index contributed by atoms with van der Waals surface area (Å²) in [4.78, 5) is 26.6. The lowest BCUT2D eigenvalue weighted by Gasteiger charge is -2.19. The van der Waals surface area contributed by atoms with Gasteiger partial charge < -0.3 is 14.9 Å². The zero-order valence-electron chi connectivity index (χ0n) is 16.3. The highest BCUT2D eigenvalue weighted by Crippen LogP contribution is 2.32.